The summed E-state index contributed by atoms with van der Waals surface area (Å²) >= 11 is 0. The van der Waals surface area contributed by atoms with Crippen molar-refractivity contribution in [3.8, 4) is 5.75 Å². The Bertz CT molecular complexity index is 872. The van der Waals surface area contributed by atoms with Crippen LogP contribution in [-0.4, -0.2) is 11.3 Å². The van der Waals surface area contributed by atoms with Gasteiger partial charge in [0.1, 0.15) is 5.75 Å². The van der Waals surface area contributed by atoms with Gasteiger partial charge in [0.25, 0.3) is 0 Å². The van der Waals surface area contributed by atoms with Gasteiger partial charge >= 0.3 is 0 Å². The Balaban J connectivity index is 1.96. The zero-order valence-corrected chi connectivity index (χ0v) is 14.8. The van der Waals surface area contributed by atoms with Crippen LogP contribution in [0.1, 0.15) is 16.7 Å². The Hall–Kier alpha value is -2.44. The van der Waals surface area contributed by atoms with E-state index >= 15 is 0 Å². The SMILES string of the molecule is Cc1ccc(O)c(Pc2c(C)cccc2/C=N/c2ccccc2)c1. The van der Waals surface area contributed by atoms with E-state index in [9.17, 15) is 5.11 Å². The lowest BCUT2D eigenvalue weighted by Crippen LogP contribution is -2.12. The quantitative estimate of drug-likeness (QED) is 0.557. The van der Waals surface area contributed by atoms with Crippen LogP contribution < -0.4 is 10.6 Å². The van der Waals surface area contributed by atoms with Crippen molar-refractivity contribution in [3.05, 3.63) is 83.4 Å². The van der Waals surface area contributed by atoms with Crippen LogP contribution >= 0.6 is 8.58 Å². The highest BCUT2D eigenvalue weighted by atomic mass is 31.1. The fourth-order valence-electron chi connectivity index (χ4n) is 2.51. The Labute approximate surface area is 144 Å². The molecular formula is C21H20NOP. The number of hydrogen-bond acceptors (Lipinski definition) is 2. The molecule has 0 spiro atoms. The van der Waals surface area contributed by atoms with Gasteiger partial charge in [-0.1, -0.05) is 56.6 Å². The first-order chi connectivity index (χ1) is 11.6. The third-order valence-corrected chi connectivity index (χ3v) is 5.43. The third kappa shape index (κ3) is 3.90. The highest BCUT2D eigenvalue weighted by Crippen LogP contribution is 2.22. The number of rotatable bonds is 4. The second-order valence-corrected chi connectivity index (χ2v) is 7.07. The highest BCUT2D eigenvalue weighted by molar-refractivity contribution is 7.56. The molecule has 3 rings (SSSR count). The van der Waals surface area contributed by atoms with Crippen molar-refractivity contribution in [2.75, 3.05) is 0 Å². The molecule has 1 N–H and O–H groups in total. The van der Waals surface area contributed by atoms with E-state index in [4.69, 9.17) is 0 Å². The fourth-order valence-corrected chi connectivity index (χ4v) is 3.86. The molecule has 3 heteroatoms. The molecule has 0 fully saturated rings. The number of benzene rings is 3. The molecule has 0 bridgehead atoms. The molecule has 0 aliphatic carbocycles. The molecule has 0 amide bonds. The van der Waals surface area contributed by atoms with Crippen molar-refractivity contribution in [1.82, 2.24) is 0 Å². The molecule has 0 saturated carbocycles. The lowest BCUT2D eigenvalue weighted by molar-refractivity contribution is 0.479. The van der Waals surface area contributed by atoms with Crippen LogP contribution in [0.25, 0.3) is 0 Å². The predicted octanol–water partition coefficient (Wildman–Crippen LogP) is 4.39. The van der Waals surface area contributed by atoms with E-state index < -0.39 is 0 Å². The molecule has 0 aromatic heterocycles. The highest BCUT2D eigenvalue weighted by Gasteiger charge is 2.09. The number of phenolic OH excluding ortho intramolecular Hbond substituents is 1. The topological polar surface area (TPSA) is 32.6 Å². The fraction of sp³-hybridized carbons (Fsp3) is 0.0952. The lowest BCUT2D eigenvalue weighted by Gasteiger charge is -2.12. The number of aryl methyl sites for hydroxylation is 2. The minimum Gasteiger partial charge on any atom is -0.507 e. The van der Waals surface area contributed by atoms with Crippen molar-refractivity contribution in [1.29, 1.82) is 0 Å². The summed E-state index contributed by atoms with van der Waals surface area (Å²) in [7, 11) is 0.396. The maximum absolute atomic E-state index is 10.2. The summed E-state index contributed by atoms with van der Waals surface area (Å²) < 4.78 is 0. The van der Waals surface area contributed by atoms with Gasteiger partial charge in [0.2, 0.25) is 0 Å². The van der Waals surface area contributed by atoms with Crippen LogP contribution in [0.3, 0.4) is 0 Å². The first-order valence-corrected chi connectivity index (χ1v) is 8.89. The molecule has 0 heterocycles. The van der Waals surface area contributed by atoms with Gasteiger partial charge in [-0.05, 0) is 49.0 Å². The smallest absolute Gasteiger partial charge is 0.123 e. The number of aromatic hydroxyl groups is 1. The summed E-state index contributed by atoms with van der Waals surface area (Å²) in [6, 6.07) is 21.9. The Morgan fingerprint density at radius 3 is 2.50 bits per heavy atom. The van der Waals surface area contributed by atoms with E-state index in [-0.39, 0.29) is 0 Å². The van der Waals surface area contributed by atoms with Crippen molar-refractivity contribution in [3.63, 3.8) is 0 Å². The summed E-state index contributed by atoms with van der Waals surface area (Å²) in [6.07, 6.45) is 1.91. The maximum atomic E-state index is 10.2. The van der Waals surface area contributed by atoms with Crippen LogP contribution in [0.5, 0.6) is 5.75 Å². The average molecular weight is 333 g/mol. The lowest BCUT2D eigenvalue weighted by atomic mass is 10.1. The Morgan fingerprint density at radius 2 is 1.71 bits per heavy atom. The van der Waals surface area contributed by atoms with Crippen LogP contribution in [0, 0.1) is 13.8 Å². The molecule has 1 unspecified atom stereocenters. The monoisotopic (exact) mass is 333 g/mol. The zero-order chi connectivity index (χ0) is 16.9. The van der Waals surface area contributed by atoms with Crippen molar-refractivity contribution in [2.24, 2.45) is 4.99 Å². The molecule has 0 saturated heterocycles. The van der Waals surface area contributed by atoms with E-state index in [2.05, 4.69) is 30.1 Å². The second-order valence-electron chi connectivity index (χ2n) is 5.78. The minimum atomic E-state index is 0.355. The summed E-state index contributed by atoms with van der Waals surface area (Å²) in [5, 5.41) is 12.4. The molecular weight excluding hydrogens is 313 g/mol. The molecule has 0 radical (unpaired) electrons. The summed E-state index contributed by atoms with van der Waals surface area (Å²) in [5.41, 5.74) is 4.40. The molecule has 3 aromatic rings. The standard InChI is InChI=1S/C21H20NOP/c1-15-11-12-19(23)20(13-15)24-21-16(2)7-6-8-17(21)14-22-18-9-4-3-5-10-18/h3-14,23-24H,1-2H3/b22-14+. The minimum absolute atomic E-state index is 0.355. The number of para-hydroxylation sites is 1. The molecule has 0 aliphatic rings. The number of phenols is 1. The zero-order valence-electron chi connectivity index (χ0n) is 13.8. The van der Waals surface area contributed by atoms with Gasteiger partial charge in [0.15, 0.2) is 0 Å². The first-order valence-electron chi connectivity index (χ1n) is 7.89. The van der Waals surface area contributed by atoms with Crippen molar-refractivity contribution in [2.45, 2.75) is 13.8 Å². The van der Waals surface area contributed by atoms with E-state index in [0.717, 1.165) is 22.1 Å². The second kappa shape index (κ2) is 7.42. The summed E-state index contributed by atoms with van der Waals surface area (Å²) in [4.78, 5) is 4.58. The van der Waals surface area contributed by atoms with E-state index in [0.29, 0.717) is 14.3 Å². The number of aliphatic imine (C=N–C) groups is 1. The van der Waals surface area contributed by atoms with Gasteiger partial charge < -0.3 is 5.11 Å². The number of nitrogens with zero attached hydrogens (tertiary/aromatic N) is 1. The maximum Gasteiger partial charge on any atom is 0.123 e. The number of hydrogen-bond donors (Lipinski definition) is 1. The molecule has 2 nitrogen and oxygen atoms in total. The largest absolute Gasteiger partial charge is 0.507 e. The van der Waals surface area contributed by atoms with Gasteiger partial charge in [-0.3, -0.25) is 4.99 Å². The summed E-state index contributed by atoms with van der Waals surface area (Å²) in [6.45, 7) is 4.15. The normalized spacial score (nSPS) is 11.6. The van der Waals surface area contributed by atoms with Crippen LogP contribution in [0.4, 0.5) is 5.69 Å². The molecule has 3 aromatic carbocycles. The molecule has 1 atom stereocenters. The Morgan fingerprint density at radius 1 is 0.917 bits per heavy atom. The van der Waals surface area contributed by atoms with Gasteiger partial charge in [-0.25, -0.2) is 0 Å². The van der Waals surface area contributed by atoms with Crippen molar-refractivity contribution >= 4 is 31.1 Å². The molecule has 0 aliphatic heterocycles. The van der Waals surface area contributed by atoms with E-state index in [1.54, 1.807) is 6.07 Å². The molecule has 24 heavy (non-hydrogen) atoms. The van der Waals surface area contributed by atoms with E-state index in [1.165, 1.54) is 10.9 Å². The van der Waals surface area contributed by atoms with Crippen LogP contribution in [0.15, 0.2) is 71.7 Å². The van der Waals surface area contributed by atoms with Gasteiger partial charge in [-0.2, -0.15) is 0 Å². The van der Waals surface area contributed by atoms with Crippen molar-refractivity contribution < 1.29 is 5.11 Å². The Kier molecular flexibility index (Phi) is 5.08. The predicted molar refractivity (Wildman–Crippen MR) is 105 cm³/mol. The van der Waals surface area contributed by atoms with Gasteiger partial charge in [-0.15, -0.1) is 0 Å². The summed E-state index contributed by atoms with van der Waals surface area (Å²) in [5.74, 6) is 0.355. The third-order valence-electron chi connectivity index (χ3n) is 3.83. The van der Waals surface area contributed by atoms with Gasteiger partial charge in [0.05, 0.1) is 5.69 Å². The molecule has 120 valence electrons. The van der Waals surface area contributed by atoms with Crippen LogP contribution in [0.2, 0.25) is 0 Å². The van der Waals surface area contributed by atoms with Gasteiger partial charge in [0, 0.05) is 17.1 Å². The van der Waals surface area contributed by atoms with Crippen LogP contribution in [-0.2, 0) is 0 Å². The first kappa shape index (κ1) is 16.4. The average Bonchev–Trinajstić information content (AvgIpc) is 2.59. The van der Waals surface area contributed by atoms with E-state index in [1.807, 2.05) is 55.6 Å².